The van der Waals surface area contributed by atoms with Crippen LogP contribution in [0, 0.1) is 20.8 Å². The van der Waals surface area contributed by atoms with Gasteiger partial charge in [-0.2, -0.15) is 5.10 Å². The molecular formula is C18H20ClN3O2S. The van der Waals surface area contributed by atoms with Crippen LogP contribution in [0.1, 0.15) is 26.9 Å². The first-order valence-electron chi connectivity index (χ1n) is 7.99. The highest BCUT2D eigenvalue weighted by Gasteiger charge is 2.19. The monoisotopic (exact) mass is 377 g/mol. The standard InChI is InChI=1S/C18H20ClN3O2S/c1-12-6-7-16(25-12)10-21(9-15-5-4-8-24-15)17(23)11-22-14(3)18(19)13(2)20-22/h4-8H,9-11H2,1-3H3. The molecule has 7 heteroatoms. The third-order valence-corrected chi connectivity index (χ3v) is 5.53. The Balaban J connectivity index is 1.79. The summed E-state index contributed by atoms with van der Waals surface area (Å²) in [7, 11) is 0. The topological polar surface area (TPSA) is 51.3 Å². The van der Waals surface area contributed by atoms with Crippen LogP contribution in [0.15, 0.2) is 34.9 Å². The number of carbonyl (C=O) groups is 1. The van der Waals surface area contributed by atoms with Gasteiger partial charge < -0.3 is 9.32 Å². The van der Waals surface area contributed by atoms with Crippen molar-refractivity contribution in [1.29, 1.82) is 0 Å². The minimum atomic E-state index is -0.0234. The molecule has 0 aromatic carbocycles. The third kappa shape index (κ3) is 4.14. The van der Waals surface area contributed by atoms with Crippen molar-refractivity contribution in [2.24, 2.45) is 0 Å². The normalized spacial score (nSPS) is 11.0. The van der Waals surface area contributed by atoms with Crippen LogP contribution >= 0.6 is 22.9 Å². The maximum absolute atomic E-state index is 12.9. The second kappa shape index (κ2) is 7.45. The van der Waals surface area contributed by atoms with Crippen molar-refractivity contribution in [1.82, 2.24) is 14.7 Å². The molecular weight excluding hydrogens is 358 g/mol. The van der Waals surface area contributed by atoms with Crippen LogP contribution in [-0.2, 0) is 24.4 Å². The van der Waals surface area contributed by atoms with Crippen LogP contribution in [-0.4, -0.2) is 20.6 Å². The molecule has 0 bridgehead atoms. The van der Waals surface area contributed by atoms with Gasteiger partial charge in [0.2, 0.25) is 5.91 Å². The quantitative estimate of drug-likeness (QED) is 0.641. The summed E-state index contributed by atoms with van der Waals surface area (Å²) in [5, 5.41) is 4.97. The van der Waals surface area contributed by atoms with Gasteiger partial charge in [0.1, 0.15) is 12.3 Å². The highest BCUT2D eigenvalue weighted by molar-refractivity contribution is 7.11. The maximum atomic E-state index is 12.9. The molecule has 1 amide bonds. The van der Waals surface area contributed by atoms with Crippen molar-refractivity contribution in [3.8, 4) is 0 Å². The van der Waals surface area contributed by atoms with Crippen molar-refractivity contribution in [2.75, 3.05) is 0 Å². The smallest absolute Gasteiger partial charge is 0.245 e. The summed E-state index contributed by atoms with van der Waals surface area (Å²) in [6.07, 6.45) is 1.62. The van der Waals surface area contributed by atoms with Crippen LogP contribution in [0.25, 0.3) is 0 Å². The van der Waals surface area contributed by atoms with E-state index in [2.05, 4.69) is 24.2 Å². The Labute approximate surface area is 155 Å². The van der Waals surface area contributed by atoms with E-state index in [1.165, 1.54) is 4.88 Å². The number of aromatic nitrogens is 2. The number of rotatable bonds is 6. The number of nitrogens with zero attached hydrogens (tertiary/aromatic N) is 3. The number of aryl methyl sites for hydroxylation is 2. The number of amides is 1. The van der Waals surface area contributed by atoms with Gasteiger partial charge in [-0.05, 0) is 45.0 Å². The SMILES string of the molecule is Cc1ccc(CN(Cc2ccco2)C(=O)Cn2nc(C)c(Cl)c2C)s1. The van der Waals surface area contributed by atoms with Crippen LogP contribution in [0.3, 0.4) is 0 Å². The molecule has 5 nitrogen and oxygen atoms in total. The van der Waals surface area contributed by atoms with E-state index in [-0.39, 0.29) is 12.5 Å². The van der Waals surface area contributed by atoms with Crippen molar-refractivity contribution in [3.63, 3.8) is 0 Å². The number of furan rings is 1. The Morgan fingerprint density at radius 1 is 1.28 bits per heavy atom. The van der Waals surface area contributed by atoms with Gasteiger partial charge in [0.25, 0.3) is 0 Å². The summed E-state index contributed by atoms with van der Waals surface area (Å²) in [6, 6.07) is 7.83. The molecule has 0 aliphatic carbocycles. The van der Waals surface area contributed by atoms with Crippen LogP contribution in [0.4, 0.5) is 0 Å². The van der Waals surface area contributed by atoms with Crippen LogP contribution in [0.5, 0.6) is 0 Å². The highest BCUT2D eigenvalue weighted by Crippen LogP contribution is 2.21. The number of hydrogen-bond donors (Lipinski definition) is 0. The molecule has 3 aromatic rings. The predicted octanol–water partition coefficient (Wildman–Crippen LogP) is 4.35. The molecule has 0 aliphatic rings. The van der Waals surface area contributed by atoms with E-state index in [0.29, 0.717) is 18.1 Å². The summed E-state index contributed by atoms with van der Waals surface area (Å²) < 4.78 is 7.08. The second-order valence-electron chi connectivity index (χ2n) is 5.98. The predicted molar refractivity (Wildman–Crippen MR) is 98.7 cm³/mol. The van der Waals surface area contributed by atoms with Gasteiger partial charge in [-0.1, -0.05) is 11.6 Å². The minimum absolute atomic E-state index is 0.0234. The third-order valence-electron chi connectivity index (χ3n) is 4.00. The van der Waals surface area contributed by atoms with Crippen molar-refractivity contribution >= 4 is 28.8 Å². The summed E-state index contributed by atoms with van der Waals surface area (Å²) in [5.74, 6) is 0.734. The fourth-order valence-electron chi connectivity index (χ4n) is 2.64. The van der Waals surface area contributed by atoms with E-state index in [4.69, 9.17) is 16.0 Å². The molecule has 3 aromatic heterocycles. The lowest BCUT2D eigenvalue weighted by Gasteiger charge is -2.21. The zero-order chi connectivity index (χ0) is 18.0. The van der Waals surface area contributed by atoms with Gasteiger partial charge in [-0.25, -0.2) is 0 Å². The number of carbonyl (C=O) groups excluding carboxylic acids is 1. The zero-order valence-electron chi connectivity index (χ0n) is 14.5. The van der Waals surface area contributed by atoms with Crippen molar-refractivity contribution in [2.45, 2.75) is 40.4 Å². The molecule has 0 aliphatic heterocycles. The van der Waals surface area contributed by atoms with Gasteiger partial charge in [0.05, 0.1) is 35.8 Å². The van der Waals surface area contributed by atoms with E-state index in [1.54, 1.807) is 27.2 Å². The number of hydrogen-bond acceptors (Lipinski definition) is 4. The molecule has 0 radical (unpaired) electrons. The van der Waals surface area contributed by atoms with Crippen molar-refractivity contribution < 1.29 is 9.21 Å². The van der Waals surface area contributed by atoms with E-state index < -0.39 is 0 Å². The Morgan fingerprint density at radius 2 is 2.08 bits per heavy atom. The molecule has 0 saturated heterocycles. The Kier molecular flexibility index (Phi) is 5.30. The lowest BCUT2D eigenvalue weighted by Crippen LogP contribution is -2.33. The minimum Gasteiger partial charge on any atom is -0.467 e. The molecule has 3 rings (SSSR count). The van der Waals surface area contributed by atoms with E-state index >= 15 is 0 Å². The lowest BCUT2D eigenvalue weighted by molar-refractivity contribution is -0.133. The average Bonchev–Trinajstić information content (AvgIpc) is 3.28. The summed E-state index contributed by atoms with van der Waals surface area (Å²) >= 11 is 7.88. The Bertz CT molecular complexity index is 867. The fraction of sp³-hybridized carbons (Fsp3) is 0.333. The fourth-order valence-corrected chi connectivity index (χ4v) is 3.68. The van der Waals surface area contributed by atoms with Crippen LogP contribution < -0.4 is 0 Å². The maximum Gasteiger partial charge on any atom is 0.245 e. The second-order valence-corrected chi connectivity index (χ2v) is 7.73. The first-order chi connectivity index (χ1) is 11.9. The van der Waals surface area contributed by atoms with Gasteiger partial charge >= 0.3 is 0 Å². The lowest BCUT2D eigenvalue weighted by atomic mass is 10.3. The Morgan fingerprint density at radius 3 is 2.64 bits per heavy atom. The molecule has 0 atom stereocenters. The molecule has 0 N–H and O–H groups in total. The number of halogens is 1. The van der Waals surface area contributed by atoms with Crippen LogP contribution in [0.2, 0.25) is 5.02 Å². The average molecular weight is 378 g/mol. The van der Waals surface area contributed by atoms with Gasteiger partial charge in [0.15, 0.2) is 0 Å². The summed E-state index contributed by atoms with van der Waals surface area (Å²) in [5.41, 5.74) is 1.54. The molecule has 132 valence electrons. The first-order valence-corrected chi connectivity index (χ1v) is 9.18. The van der Waals surface area contributed by atoms with E-state index in [9.17, 15) is 4.79 Å². The van der Waals surface area contributed by atoms with Crippen molar-refractivity contribution in [3.05, 3.63) is 62.5 Å². The molecule has 25 heavy (non-hydrogen) atoms. The van der Waals surface area contributed by atoms with E-state index in [0.717, 1.165) is 22.0 Å². The van der Waals surface area contributed by atoms with Gasteiger partial charge in [-0.3, -0.25) is 9.48 Å². The molecule has 3 heterocycles. The van der Waals surface area contributed by atoms with Gasteiger partial charge in [0, 0.05) is 9.75 Å². The zero-order valence-corrected chi connectivity index (χ0v) is 16.0. The van der Waals surface area contributed by atoms with E-state index in [1.807, 2.05) is 26.0 Å². The highest BCUT2D eigenvalue weighted by atomic mass is 35.5. The molecule has 0 unspecified atom stereocenters. The first kappa shape index (κ1) is 17.8. The molecule has 0 fully saturated rings. The Hall–Kier alpha value is -2.05. The number of thiophene rings is 1. The molecule has 0 spiro atoms. The summed E-state index contributed by atoms with van der Waals surface area (Å²) in [4.78, 5) is 17.1. The summed E-state index contributed by atoms with van der Waals surface area (Å²) in [6.45, 7) is 6.90. The molecule has 0 saturated carbocycles. The van der Waals surface area contributed by atoms with Gasteiger partial charge in [-0.15, -0.1) is 11.3 Å². The largest absolute Gasteiger partial charge is 0.467 e.